The molecule has 0 atom stereocenters. The highest BCUT2D eigenvalue weighted by Gasteiger charge is 2.05. The fourth-order valence-corrected chi connectivity index (χ4v) is 1.63. The topological polar surface area (TPSA) is 38.3 Å². The van der Waals surface area contributed by atoms with Gasteiger partial charge < -0.3 is 10.1 Å². The van der Waals surface area contributed by atoms with Crippen LogP contribution < -0.4 is 10.1 Å². The molecule has 3 nitrogen and oxygen atoms in total. The molecule has 1 aromatic carbocycles. The van der Waals surface area contributed by atoms with Gasteiger partial charge in [0.2, 0.25) is 5.91 Å². The van der Waals surface area contributed by atoms with E-state index in [0.717, 1.165) is 17.7 Å². The van der Waals surface area contributed by atoms with Crippen LogP contribution in [-0.2, 0) is 11.2 Å². The van der Waals surface area contributed by atoms with Crippen LogP contribution >= 0.6 is 0 Å². The van der Waals surface area contributed by atoms with Crippen LogP contribution in [0.25, 0.3) is 0 Å². The van der Waals surface area contributed by atoms with Gasteiger partial charge in [0.25, 0.3) is 0 Å². The van der Waals surface area contributed by atoms with Crippen molar-refractivity contribution in [2.45, 2.75) is 27.2 Å². The van der Waals surface area contributed by atoms with Gasteiger partial charge in [-0.3, -0.25) is 4.79 Å². The molecule has 0 aromatic heterocycles. The Hall–Kier alpha value is -1.51. The minimum absolute atomic E-state index is 0.0487. The predicted octanol–water partition coefficient (Wildman–Crippen LogP) is 2.32. The summed E-state index contributed by atoms with van der Waals surface area (Å²) in [6.45, 7) is 6.50. The average molecular weight is 235 g/mol. The van der Waals surface area contributed by atoms with E-state index in [4.69, 9.17) is 4.74 Å². The Labute approximate surface area is 103 Å². The zero-order valence-corrected chi connectivity index (χ0v) is 11.0. The van der Waals surface area contributed by atoms with E-state index in [1.54, 1.807) is 7.11 Å². The van der Waals surface area contributed by atoms with Crippen LogP contribution in [0.1, 0.15) is 25.0 Å². The third kappa shape index (κ3) is 4.10. The molecule has 17 heavy (non-hydrogen) atoms. The number of hydrogen-bond acceptors (Lipinski definition) is 2. The second-order valence-corrected chi connectivity index (χ2v) is 4.50. The van der Waals surface area contributed by atoms with Crippen molar-refractivity contribution >= 4 is 5.91 Å². The molecule has 0 spiro atoms. The van der Waals surface area contributed by atoms with Crippen LogP contribution in [0, 0.1) is 12.8 Å². The average Bonchev–Trinajstić information content (AvgIpc) is 2.29. The highest BCUT2D eigenvalue weighted by molar-refractivity contribution is 5.77. The van der Waals surface area contributed by atoms with E-state index >= 15 is 0 Å². The third-order valence-corrected chi connectivity index (χ3v) is 2.70. The van der Waals surface area contributed by atoms with E-state index in [1.165, 1.54) is 5.56 Å². The Morgan fingerprint density at radius 1 is 1.41 bits per heavy atom. The largest absolute Gasteiger partial charge is 0.496 e. The molecule has 1 N–H and O–H groups in total. The van der Waals surface area contributed by atoms with Crippen LogP contribution in [0.5, 0.6) is 5.75 Å². The molecule has 3 heteroatoms. The summed E-state index contributed by atoms with van der Waals surface area (Å²) < 4.78 is 5.20. The maximum absolute atomic E-state index is 11.4. The molecule has 0 aliphatic heterocycles. The number of benzene rings is 1. The summed E-state index contributed by atoms with van der Waals surface area (Å²) in [5.74, 6) is 1.06. The Kier molecular flexibility index (Phi) is 5.01. The number of hydrogen-bond donors (Lipinski definition) is 1. The Morgan fingerprint density at radius 3 is 2.65 bits per heavy atom. The highest BCUT2D eigenvalue weighted by atomic mass is 16.5. The summed E-state index contributed by atoms with van der Waals surface area (Å²) in [4.78, 5) is 11.4. The van der Waals surface area contributed by atoms with Gasteiger partial charge in [0.15, 0.2) is 0 Å². The fourth-order valence-electron chi connectivity index (χ4n) is 1.63. The SMILES string of the molecule is COc1ccc(CCNC(=O)C(C)C)cc1C. The minimum Gasteiger partial charge on any atom is -0.496 e. The Bertz CT molecular complexity index is 386. The van der Waals surface area contributed by atoms with Gasteiger partial charge in [-0.2, -0.15) is 0 Å². The number of rotatable bonds is 5. The molecular weight excluding hydrogens is 214 g/mol. The summed E-state index contributed by atoms with van der Waals surface area (Å²) in [6, 6.07) is 6.10. The Balaban J connectivity index is 2.47. The summed E-state index contributed by atoms with van der Waals surface area (Å²) in [5, 5.41) is 2.91. The van der Waals surface area contributed by atoms with E-state index in [0.29, 0.717) is 6.54 Å². The number of methoxy groups -OCH3 is 1. The quantitative estimate of drug-likeness (QED) is 0.850. The van der Waals surface area contributed by atoms with E-state index < -0.39 is 0 Å². The van der Waals surface area contributed by atoms with Gasteiger partial charge >= 0.3 is 0 Å². The lowest BCUT2D eigenvalue weighted by Crippen LogP contribution is -2.29. The molecule has 1 aromatic rings. The molecule has 0 unspecified atom stereocenters. The van der Waals surface area contributed by atoms with Crippen molar-refractivity contribution in [3.63, 3.8) is 0 Å². The van der Waals surface area contributed by atoms with Crippen LogP contribution in [-0.4, -0.2) is 19.6 Å². The molecule has 0 bridgehead atoms. The first-order valence-corrected chi connectivity index (χ1v) is 5.96. The van der Waals surface area contributed by atoms with Crippen molar-refractivity contribution in [1.82, 2.24) is 5.32 Å². The minimum atomic E-state index is 0.0487. The first-order valence-electron chi connectivity index (χ1n) is 5.96. The first-order chi connectivity index (χ1) is 8.04. The molecular formula is C14H21NO2. The third-order valence-electron chi connectivity index (χ3n) is 2.70. The van der Waals surface area contributed by atoms with Crippen LogP contribution in [0.4, 0.5) is 0 Å². The smallest absolute Gasteiger partial charge is 0.222 e. The van der Waals surface area contributed by atoms with Crippen molar-refractivity contribution in [2.24, 2.45) is 5.92 Å². The fraction of sp³-hybridized carbons (Fsp3) is 0.500. The number of amides is 1. The zero-order chi connectivity index (χ0) is 12.8. The van der Waals surface area contributed by atoms with Crippen molar-refractivity contribution < 1.29 is 9.53 Å². The maximum atomic E-state index is 11.4. The maximum Gasteiger partial charge on any atom is 0.222 e. The molecule has 0 aliphatic rings. The molecule has 0 fully saturated rings. The van der Waals surface area contributed by atoms with Crippen LogP contribution in [0.15, 0.2) is 18.2 Å². The lowest BCUT2D eigenvalue weighted by molar-refractivity contribution is -0.123. The lowest BCUT2D eigenvalue weighted by Gasteiger charge is -2.09. The number of carbonyl (C=O) groups is 1. The van der Waals surface area contributed by atoms with Gasteiger partial charge in [-0.25, -0.2) is 0 Å². The van der Waals surface area contributed by atoms with Gasteiger partial charge in [0.05, 0.1) is 7.11 Å². The van der Waals surface area contributed by atoms with E-state index in [2.05, 4.69) is 11.4 Å². The summed E-state index contributed by atoms with van der Waals surface area (Å²) in [7, 11) is 1.67. The monoisotopic (exact) mass is 235 g/mol. The second-order valence-electron chi connectivity index (χ2n) is 4.50. The summed E-state index contributed by atoms with van der Waals surface area (Å²) in [5.41, 5.74) is 2.34. The Morgan fingerprint density at radius 2 is 2.12 bits per heavy atom. The molecule has 0 saturated heterocycles. The van der Waals surface area contributed by atoms with E-state index in [1.807, 2.05) is 32.9 Å². The normalized spacial score (nSPS) is 10.4. The molecule has 0 saturated carbocycles. The number of aryl methyl sites for hydroxylation is 1. The van der Waals surface area contributed by atoms with Crippen molar-refractivity contribution in [3.8, 4) is 5.75 Å². The standard InChI is InChI=1S/C14H21NO2/c1-10(2)14(16)15-8-7-12-5-6-13(17-4)11(3)9-12/h5-6,9-10H,7-8H2,1-4H3,(H,15,16). The highest BCUT2D eigenvalue weighted by Crippen LogP contribution is 2.18. The van der Waals surface area contributed by atoms with Crippen molar-refractivity contribution in [3.05, 3.63) is 29.3 Å². The molecule has 1 rings (SSSR count). The van der Waals surface area contributed by atoms with Gasteiger partial charge in [-0.05, 0) is 30.5 Å². The van der Waals surface area contributed by atoms with Gasteiger partial charge in [-0.15, -0.1) is 0 Å². The summed E-state index contributed by atoms with van der Waals surface area (Å²) >= 11 is 0. The number of carbonyl (C=O) groups excluding carboxylic acids is 1. The van der Waals surface area contributed by atoms with Crippen LogP contribution in [0.2, 0.25) is 0 Å². The molecule has 0 heterocycles. The van der Waals surface area contributed by atoms with Gasteiger partial charge in [-0.1, -0.05) is 26.0 Å². The van der Waals surface area contributed by atoms with Crippen LogP contribution in [0.3, 0.4) is 0 Å². The number of ether oxygens (including phenoxy) is 1. The molecule has 0 aliphatic carbocycles. The van der Waals surface area contributed by atoms with Crippen molar-refractivity contribution in [2.75, 3.05) is 13.7 Å². The van der Waals surface area contributed by atoms with Crippen molar-refractivity contribution in [1.29, 1.82) is 0 Å². The van der Waals surface area contributed by atoms with E-state index in [-0.39, 0.29) is 11.8 Å². The van der Waals surface area contributed by atoms with Gasteiger partial charge in [0.1, 0.15) is 5.75 Å². The first kappa shape index (κ1) is 13.6. The second kappa shape index (κ2) is 6.28. The van der Waals surface area contributed by atoms with E-state index in [9.17, 15) is 4.79 Å². The number of nitrogens with one attached hydrogen (secondary N) is 1. The lowest BCUT2D eigenvalue weighted by atomic mass is 10.1. The molecule has 0 radical (unpaired) electrons. The summed E-state index contributed by atoms with van der Waals surface area (Å²) in [6.07, 6.45) is 0.850. The molecule has 94 valence electrons. The predicted molar refractivity (Wildman–Crippen MR) is 69.3 cm³/mol. The van der Waals surface area contributed by atoms with Gasteiger partial charge in [0, 0.05) is 12.5 Å². The molecule has 1 amide bonds. The zero-order valence-electron chi connectivity index (χ0n) is 11.0.